The average molecular weight is 538 g/mol. The lowest BCUT2D eigenvalue weighted by Gasteiger charge is -2.31. The van der Waals surface area contributed by atoms with Crippen LogP contribution < -0.4 is 15.1 Å². The Bertz CT molecular complexity index is 1490. The highest BCUT2D eigenvalue weighted by atomic mass is 32.1. The Morgan fingerprint density at radius 3 is 2.36 bits per heavy atom. The van der Waals surface area contributed by atoms with Crippen molar-refractivity contribution in [2.45, 2.75) is 39.8 Å². The van der Waals surface area contributed by atoms with Crippen LogP contribution in [-0.4, -0.2) is 41.0 Å². The van der Waals surface area contributed by atoms with E-state index < -0.39 is 0 Å². The second-order valence-electron chi connectivity index (χ2n) is 10.6. The van der Waals surface area contributed by atoms with Gasteiger partial charge in [-0.05, 0) is 105 Å². The summed E-state index contributed by atoms with van der Waals surface area (Å²) in [5.74, 6) is 0. The van der Waals surface area contributed by atoms with Gasteiger partial charge in [0.05, 0.1) is 31.0 Å². The van der Waals surface area contributed by atoms with Crippen molar-refractivity contribution < 1.29 is 4.74 Å². The van der Waals surface area contributed by atoms with Gasteiger partial charge in [-0.3, -0.25) is 4.98 Å². The lowest BCUT2D eigenvalue weighted by atomic mass is 9.96. The van der Waals surface area contributed by atoms with E-state index in [1.54, 1.807) is 0 Å². The van der Waals surface area contributed by atoms with Gasteiger partial charge in [-0.25, -0.2) is 0 Å². The Morgan fingerprint density at radius 2 is 1.64 bits per heavy atom. The Morgan fingerprint density at radius 1 is 0.897 bits per heavy atom. The summed E-state index contributed by atoms with van der Waals surface area (Å²) in [6.07, 6.45) is 1.86. The van der Waals surface area contributed by atoms with Crippen LogP contribution in [0.1, 0.15) is 45.9 Å². The number of ether oxygens (including phenoxy) is 1. The SMILES string of the molecule is Cc1ccc(C)c(-n2c(C)cc([C@H]3[C@@H](c4ccccn4)NC(=S)N3c3ccc(N4CCOCC4)cc3)c2C)c1. The highest BCUT2D eigenvalue weighted by molar-refractivity contribution is 7.80. The molecule has 6 rings (SSSR count). The molecule has 2 aromatic carbocycles. The molecule has 0 spiro atoms. The van der Waals surface area contributed by atoms with Gasteiger partial charge in [-0.2, -0.15) is 0 Å². The highest BCUT2D eigenvalue weighted by Gasteiger charge is 2.42. The van der Waals surface area contributed by atoms with Crippen molar-refractivity contribution >= 4 is 28.7 Å². The van der Waals surface area contributed by atoms with Gasteiger partial charge in [0, 0.05) is 47.7 Å². The lowest BCUT2D eigenvalue weighted by molar-refractivity contribution is 0.122. The van der Waals surface area contributed by atoms with Gasteiger partial charge in [-0.15, -0.1) is 0 Å². The topological polar surface area (TPSA) is 45.6 Å². The quantitative estimate of drug-likeness (QED) is 0.310. The molecule has 0 saturated carbocycles. The first-order valence-corrected chi connectivity index (χ1v) is 14.0. The van der Waals surface area contributed by atoms with Crippen LogP contribution in [0, 0.1) is 27.7 Å². The molecule has 0 aliphatic carbocycles. The number of morpholine rings is 1. The molecule has 0 amide bonds. The first-order valence-electron chi connectivity index (χ1n) is 13.6. The summed E-state index contributed by atoms with van der Waals surface area (Å²) in [6, 6.07) is 23.7. The molecule has 2 aromatic heterocycles. The van der Waals surface area contributed by atoms with Crippen molar-refractivity contribution in [1.82, 2.24) is 14.9 Å². The van der Waals surface area contributed by atoms with Gasteiger partial charge in [0.2, 0.25) is 0 Å². The Labute approximate surface area is 236 Å². The van der Waals surface area contributed by atoms with Crippen LogP contribution in [0.2, 0.25) is 0 Å². The number of anilines is 2. The van der Waals surface area contributed by atoms with Crippen LogP contribution in [0.25, 0.3) is 5.69 Å². The van der Waals surface area contributed by atoms with Gasteiger partial charge >= 0.3 is 0 Å². The van der Waals surface area contributed by atoms with Crippen molar-refractivity contribution in [3.8, 4) is 5.69 Å². The summed E-state index contributed by atoms with van der Waals surface area (Å²) < 4.78 is 7.93. The number of rotatable bonds is 5. The predicted octanol–water partition coefficient (Wildman–Crippen LogP) is 6.12. The van der Waals surface area contributed by atoms with E-state index in [9.17, 15) is 0 Å². The molecule has 4 heterocycles. The van der Waals surface area contributed by atoms with Crippen molar-refractivity contribution in [2.24, 2.45) is 0 Å². The van der Waals surface area contributed by atoms with Gasteiger partial charge in [-0.1, -0.05) is 18.2 Å². The lowest BCUT2D eigenvalue weighted by Crippen LogP contribution is -2.36. The molecule has 2 aliphatic rings. The number of aromatic nitrogens is 2. The van der Waals surface area contributed by atoms with Crippen molar-refractivity contribution in [2.75, 3.05) is 36.1 Å². The van der Waals surface area contributed by atoms with Crippen molar-refractivity contribution in [3.63, 3.8) is 0 Å². The third-order valence-corrected chi connectivity index (χ3v) is 8.31. The zero-order valence-corrected chi connectivity index (χ0v) is 23.8. The Kier molecular flexibility index (Phi) is 6.87. The van der Waals surface area contributed by atoms with Crippen LogP contribution in [0.15, 0.2) is 72.9 Å². The molecule has 2 aliphatic heterocycles. The zero-order chi connectivity index (χ0) is 27.1. The van der Waals surface area contributed by atoms with Crippen LogP contribution in [0.5, 0.6) is 0 Å². The maximum Gasteiger partial charge on any atom is 0.174 e. The minimum Gasteiger partial charge on any atom is -0.378 e. The largest absolute Gasteiger partial charge is 0.378 e. The van der Waals surface area contributed by atoms with Crippen LogP contribution in [0.4, 0.5) is 11.4 Å². The number of benzene rings is 2. The second-order valence-corrected chi connectivity index (χ2v) is 11.0. The van der Waals surface area contributed by atoms with E-state index in [4.69, 9.17) is 21.9 Å². The molecule has 200 valence electrons. The van der Waals surface area contributed by atoms with E-state index in [-0.39, 0.29) is 12.1 Å². The minimum atomic E-state index is -0.0785. The van der Waals surface area contributed by atoms with E-state index in [0.29, 0.717) is 5.11 Å². The fourth-order valence-electron chi connectivity index (χ4n) is 6.01. The average Bonchev–Trinajstić information content (AvgIpc) is 3.45. The molecule has 0 unspecified atom stereocenters. The van der Waals surface area contributed by atoms with E-state index in [1.807, 2.05) is 18.3 Å². The summed E-state index contributed by atoms with van der Waals surface area (Å²) in [4.78, 5) is 9.39. The second kappa shape index (κ2) is 10.5. The molecule has 1 N–H and O–H groups in total. The third-order valence-electron chi connectivity index (χ3n) is 8.00. The predicted molar refractivity (Wildman–Crippen MR) is 162 cm³/mol. The van der Waals surface area contributed by atoms with Gasteiger partial charge < -0.3 is 24.4 Å². The fraction of sp³-hybridized carbons (Fsp3) is 0.312. The number of nitrogens with zero attached hydrogens (tertiary/aromatic N) is 4. The number of hydrogen-bond donors (Lipinski definition) is 1. The molecule has 0 radical (unpaired) electrons. The molecule has 2 atom stereocenters. The Balaban J connectivity index is 1.45. The van der Waals surface area contributed by atoms with Crippen LogP contribution >= 0.6 is 12.2 Å². The molecule has 2 saturated heterocycles. The molecular formula is C32H35N5OS. The summed E-state index contributed by atoms with van der Waals surface area (Å²) in [6.45, 7) is 12.1. The number of thiocarbonyl (C=S) groups is 1. The number of aryl methyl sites for hydroxylation is 3. The van der Waals surface area contributed by atoms with E-state index >= 15 is 0 Å². The Hall–Kier alpha value is -3.68. The van der Waals surface area contributed by atoms with Gasteiger partial charge in [0.1, 0.15) is 0 Å². The minimum absolute atomic E-state index is 0.0494. The first kappa shape index (κ1) is 25.6. The molecule has 4 aromatic rings. The van der Waals surface area contributed by atoms with E-state index in [2.05, 4.69) is 102 Å². The van der Waals surface area contributed by atoms with Crippen molar-refractivity contribution in [1.29, 1.82) is 0 Å². The van der Waals surface area contributed by atoms with Gasteiger partial charge in [0.15, 0.2) is 5.11 Å². The highest BCUT2D eigenvalue weighted by Crippen LogP contribution is 2.44. The monoisotopic (exact) mass is 537 g/mol. The molecule has 2 fully saturated rings. The molecule has 7 heteroatoms. The standard InChI is InChI=1S/C32H35N5OS/c1-21-8-9-22(2)29(19-21)36-23(3)20-27(24(36)4)31-30(28-7-5-6-14-33-28)34-32(39)37(31)26-12-10-25(11-13-26)35-15-17-38-18-16-35/h5-14,19-20,30-31H,15-18H2,1-4H3,(H,34,39)/t30-,31+/m1/s1. The smallest absolute Gasteiger partial charge is 0.174 e. The normalized spacial score (nSPS) is 19.4. The maximum absolute atomic E-state index is 6.00. The zero-order valence-electron chi connectivity index (χ0n) is 23.0. The summed E-state index contributed by atoms with van der Waals surface area (Å²) >= 11 is 6.00. The maximum atomic E-state index is 6.00. The number of hydrogen-bond acceptors (Lipinski definition) is 4. The summed E-state index contributed by atoms with van der Waals surface area (Å²) in [5, 5.41) is 4.33. The van der Waals surface area contributed by atoms with Crippen LogP contribution in [0.3, 0.4) is 0 Å². The first-order chi connectivity index (χ1) is 18.9. The van der Waals surface area contributed by atoms with E-state index in [0.717, 1.165) is 37.7 Å². The molecule has 6 nitrogen and oxygen atoms in total. The van der Waals surface area contributed by atoms with Crippen LogP contribution in [-0.2, 0) is 4.74 Å². The molecular weight excluding hydrogens is 502 g/mol. The molecule has 39 heavy (non-hydrogen) atoms. The van der Waals surface area contributed by atoms with Crippen molar-refractivity contribution in [3.05, 3.63) is 107 Å². The van der Waals surface area contributed by atoms with E-state index in [1.165, 1.54) is 39.5 Å². The summed E-state index contributed by atoms with van der Waals surface area (Å²) in [7, 11) is 0. The van der Waals surface area contributed by atoms with Gasteiger partial charge in [0.25, 0.3) is 0 Å². The third kappa shape index (κ3) is 4.70. The number of pyridine rings is 1. The molecule has 0 bridgehead atoms. The summed E-state index contributed by atoms with van der Waals surface area (Å²) in [5.41, 5.74) is 10.7. The fourth-order valence-corrected chi connectivity index (χ4v) is 6.36. The number of nitrogens with one attached hydrogen (secondary N) is 1.